The number of aryl methyl sites for hydroxylation is 1. The van der Waals surface area contributed by atoms with Gasteiger partial charge in [-0.05, 0) is 19.0 Å². The molecule has 1 aliphatic rings. The molecule has 124 valence electrons. The normalized spacial score (nSPS) is 19.5. The second-order valence-electron chi connectivity index (χ2n) is 6.51. The first-order valence-electron chi connectivity index (χ1n) is 7.99. The van der Waals surface area contributed by atoms with Crippen molar-refractivity contribution in [3.63, 3.8) is 0 Å². The molecule has 3 heterocycles. The molecule has 1 amide bonds. The molecule has 1 aliphatic heterocycles. The highest BCUT2D eigenvalue weighted by atomic mass is 16.2. The molecule has 3 rings (SSSR count). The largest absolute Gasteiger partial charge is 0.337 e. The summed E-state index contributed by atoms with van der Waals surface area (Å²) in [6, 6.07) is 1.97. The van der Waals surface area contributed by atoms with Gasteiger partial charge in [-0.25, -0.2) is 4.98 Å². The quantitative estimate of drug-likeness (QED) is 0.929. The van der Waals surface area contributed by atoms with E-state index in [1.165, 1.54) is 0 Å². The van der Waals surface area contributed by atoms with Crippen LogP contribution in [0.1, 0.15) is 47.8 Å². The fourth-order valence-electron chi connectivity index (χ4n) is 2.94. The molecule has 7 nitrogen and oxygen atoms in total. The fourth-order valence-corrected chi connectivity index (χ4v) is 2.94. The number of amides is 1. The third kappa shape index (κ3) is 3.01. The molecule has 23 heavy (non-hydrogen) atoms. The molecule has 0 spiro atoms. The van der Waals surface area contributed by atoms with Gasteiger partial charge < -0.3 is 9.47 Å². The highest BCUT2D eigenvalue weighted by Gasteiger charge is 2.31. The van der Waals surface area contributed by atoms with Crippen molar-refractivity contribution in [2.45, 2.75) is 25.8 Å². The molecule has 2 aromatic rings. The van der Waals surface area contributed by atoms with Gasteiger partial charge in [0.2, 0.25) is 0 Å². The lowest BCUT2D eigenvalue weighted by atomic mass is 10.1. The first-order valence-corrected chi connectivity index (χ1v) is 7.99. The lowest BCUT2D eigenvalue weighted by Crippen LogP contribution is -2.49. The molecule has 7 heteroatoms. The topological polar surface area (TPSA) is 70.1 Å². The standard InChI is InChI=1S/C16H24N6O/c1-11(2)12-9-13(19-18-12)16(23)22-8-7-20(3)14(10-22)15-17-5-6-21(15)4/h5-6,9,11,14H,7-8,10H2,1-4H3,(H,18,19). The van der Waals surface area contributed by atoms with Crippen LogP contribution in [0.5, 0.6) is 0 Å². The van der Waals surface area contributed by atoms with Crippen molar-refractivity contribution in [3.05, 3.63) is 35.7 Å². The Kier molecular flexibility index (Phi) is 4.21. The van der Waals surface area contributed by atoms with Crippen LogP contribution in [0.3, 0.4) is 0 Å². The first-order chi connectivity index (χ1) is 11.0. The minimum atomic E-state index is -0.0135. The monoisotopic (exact) mass is 316 g/mol. The summed E-state index contributed by atoms with van der Waals surface area (Å²) in [4.78, 5) is 21.3. The van der Waals surface area contributed by atoms with Gasteiger partial charge in [-0.2, -0.15) is 5.10 Å². The van der Waals surface area contributed by atoms with E-state index < -0.39 is 0 Å². The summed E-state index contributed by atoms with van der Waals surface area (Å²) in [7, 11) is 4.06. The Balaban J connectivity index is 1.77. The van der Waals surface area contributed by atoms with Gasteiger partial charge >= 0.3 is 0 Å². The Morgan fingerprint density at radius 3 is 2.74 bits per heavy atom. The molecule has 1 unspecified atom stereocenters. The van der Waals surface area contributed by atoms with Crippen LogP contribution in [0.2, 0.25) is 0 Å². The number of hydrogen-bond acceptors (Lipinski definition) is 4. The molecule has 0 bridgehead atoms. The second-order valence-corrected chi connectivity index (χ2v) is 6.51. The fraction of sp³-hybridized carbons (Fsp3) is 0.562. The Morgan fingerprint density at radius 2 is 2.13 bits per heavy atom. The molecular weight excluding hydrogens is 292 g/mol. The summed E-state index contributed by atoms with van der Waals surface area (Å²) in [6.07, 6.45) is 3.74. The number of carbonyl (C=O) groups excluding carboxylic acids is 1. The van der Waals surface area contributed by atoms with Crippen LogP contribution in [0.25, 0.3) is 0 Å². The molecule has 0 aromatic carbocycles. The SMILES string of the molecule is CC(C)c1cc(C(=O)N2CCN(C)C(c3nccn3C)C2)n[nH]1. The first kappa shape index (κ1) is 15.7. The van der Waals surface area contributed by atoms with Gasteiger partial charge in [-0.3, -0.25) is 14.8 Å². The van der Waals surface area contributed by atoms with Gasteiger partial charge in [0.05, 0.1) is 6.04 Å². The molecule has 0 saturated carbocycles. The summed E-state index contributed by atoms with van der Waals surface area (Å²) in [5, 5.41) is 7.14. The van der Waals surface area contributed by atoms with Crippen LogP contribution < -0.4 is 0 Å². The summed E-state index contributed by atoms with van der Waals surface area (Å²) in [6.45, 7) is 6.32. The minimum absolute atomic E-state index is 0.0135. The zero-order valence-corrected chi connectivity index (χ0v) is 14.2. The number of aromatic amines is 1. The maximum absolute atomic E-state index is 12.7. The van der Waals surface area contributed by atoms with Crippen molar-refractivity contribution < 1.29 is 4.79 Å². The van der Waals surface area contributed by atoms with Gasteiger partial charge in [-0.15, -0.1) is 0 Å². The molecule has 1 saturated heterocycles. The smallest absolute Gasteiger partial charge is 0.274 e. The summed E-state index contributed by atoms with van der Waals surface area (Å²) in [5.41, 5.74) is 1.49. The molecule has 1 fully saturated rings. The third-order valence-electron chi connectivity index (χ3n) is 4.53. The van der Waals surface area contributed by atoms with Crippen molar-refractivity contribution in [2.24, 2.45) is 7.05 Å². The number of carbonyl (C=O) groups is 1. The number of H-pyrrole nitrogens is 1. The Hall–Kier alpha value is -2.15. The van der Waals surface area contributed by atoms with E-state index in [2.05, 4.69) is 41.0 Å². The molecule has 0 aliphatic carbocycles. The van der Waals surface area contributed by atoms with Gasteiger partial charge in [0.1, 0.15) is 11.5 Å². The maximum atomic E-state index is 12.7. The zero-order valence-electron chi connectivity index (χ0n) is 14.2. The average Bonchev–Trinajstić information content (AvgIpc) is 3.16. The highest BCUT2D eigenvalue weighted by Crippen LogP contribution is 2.23. The Labute approximate surface area is 136 Å². The van der Waals surface area contributed by atoms with Crippen molar-refractivity contribution >= 4 is 5.91 Å². The van der Waals surface area contributed by atoms with Crippen LogP contribution in [0.4, 0.5) is 0 Å². The van der Waals surface area contributed by atoms with Crippen LogP contribution in [-0.2, 0) is 7.05 Å². The molecule has 1 N–H and O–H groups in total. The van der Waals surface area contributed by atoms with Crippen LogP contribution in [0.15, 0.2) is 18.5 Å². The van der Waals surface area contributed by atoms with E-state index in [9.17, 15) is 4.79 Å². The summed E-state index contributed by atoms with van der Waals surface area (Å²) in [5.74, 6) is 1.30. The van der Waals surface area contributed by atoms with Gasteiger partial charge in [0.25, 0.3) is 5.91 Å². The average molecular weight is 316 g/mol. The summed E-state index contributed by atoms with van der Waals surface area (Å²) < 4.78 is 2.01. The van der Waals surface area contributed by atoms with Crippen LogP contribution >= 0.6 is 0 Å². The number of likely N-dealkylation sites (N-methyl/N-ethyl adjacent to an activating group) is 1. The lowest BCUT2D eigenvalue weighted by Gasteiger charge is -2.38. The van der Waals surface area contributed by atoms with Crippen LogP contribution in [-0.4, -0.2) is 62.1 Å². The molecule has 2 aromatic heterocycles. The van der Waals surface area contributed by atoms with E-state index in [4.69, 9.17) is 0 Å². The highest BCUT2D eigenvalue weighted by molar-refractivity contribution is 5.92. The third-order valence-corrected chi connectivity index (χ3v) is 4.53. The van der Waals surface area contributed by atoms with Crippen molar-refractivity contribution in [3.8, 4) is 0 Å². The van der Waals surface area contributed by atoms with Crippen LogP contribution in [0, 0.1) is 0 Å². The Morgan fingerprint density at radius 1 is 1.35 bits per heavy atom. The van der Waals surface area contributed by atoms with E-state index >= 15 is 0 Å². The van der Waals surface area contributed by atoms with Crippen molar-refractivity contribution in [1.29, 1.82) is 0 Å². The maximum Gasteiger partial charge on any atom is 0.274 e. The minimum Gasteiger partial charge on any atom is -0.337 e. The molecular formula is C16H24N6O. The van der Waals surface area contributed by atoms with Gasteiger partial charge in [0.15, 0.2) is 0 Å². The number of piperazine rings is 1. The summed E-state index contributed by atoms with van der Waals surface area (Å²) >= 11 is 0. The van der Waals surface area contributed by atoms with Gasteiger partial charge in [0, 0.05) is 44.8 Å². The number of nitrogens with zero attached hydrogens (tertiary/aromatic N) is 5. The number of imidazole rings is 1. The molecule has 1 atom stereocenters. The number of rotatable bonds is 3. The lowest BCUT2D eigenvalue weighted by molar-refractivity contribution is 0.0523. The van der Waals surface area contributed by atoms with Crippen molar-refractivity contribution in [1.82, 2.24) is 29.5 Å². The number of hydrogen-bond donors (Lipinski definition) is 1. The predicted molar refractivity (Wildman–Crippen MR) is 87.2 cm³/mol. The predicted octanol–water partition coefficient (Wildman–Crippen LogP) is 1.40. The second kappa shape index (κ2) is 6.16. The molecule has 0 radical (unpaired) electrons. The number of aromatic nitrogens is 4. The van der Waals surface area contributed by atoms with Crippen molar-refractivity contribution in [2.75, 3.05) is 26.7 Å². The number of nitrogens with one attached hydrogen (secondary N) is 1. The van der Waals surface area contributed by atoms with E-state index in [1.54, 1.807) is 6.20 Å². The van der Waals surface area contributed by atoms with E-state index in [0.717, 1.165) is 18.1 Å². The van der Waals surface area contributed by atoms with Gasteiger partial charge in [-0.1, -0.05) is 13.8 Å². The Bertz CT molecular complexity index is 688. The van der Waals surface area contributed by atoms with E-state index in [1.807, 2.05) is 28.8 Å². The van der Waals surface area contributed by atoms with E-state index in [-0.39, 0.29) is 11.9 Å². The zero-order chi connectivity index (χ0) is 16.6. The van der Waals surface area contributed by atoms with E-state index in [0.29, 0.717) is 24.7 Å².